The van der Waals surface area contributed by atoms with Crippen molar-refractivity contribution in [3.63, 3.8) is 0 Å². The van der Waals surface area contributed by atoms with Crippen molar-refractivity contribution in [3.05, 3.63) is 22.1 Å². The van der Waals surface area contributed by atoms with E-state index in [-0.39, 0.29) is 10.2 Å². The Hall–Kier alpha value is -0.890. The van der Waals surface area contributed by atoms with Gasteiger partial charge in [-0.05, 0) is 15.9 Å². The molecule has 11 heavy (non-hydrogen) atoms. The van der Waals surface area contributed by atoms with Gasteiger partial charge in [0, 0.05) is 6.07 Å². The average Bonchev–Trinajstić information content (AvgIpc) is 2.30. The standard InChI is InChI=1S/C6H2BrF2NO/c7-4-1-3(2-10)5(11-4)6(8)9/h1,6H. The minimum atomic E-state index is -2.74. The summed E-state index contributed by atoms with van der Waals surface area (Å²) < 4.78 is 28.6. The van der Waals surface area contributed by atoms with Crippen LogP contribution in [0.3, 0.4) is 0 Å². The van der Waals surface area contributed by atoms with Gasteiger partial charge in [0.05, 0.1) is 0 Å². The lowest BCUT2D eigenvalue weighted by Gasteiger charge is -1.90. The lowest BCUT2D eigenvalue weighted by atomic mass is 10.3. The van der Waals surface area contributed by atoms with Gasteiger partial charge in [0.15, 0.2) is 10.4 Å². The van der Waals surface area contributed by atoms with Crippen LogP contribution in [0.4, 0.5) is 8.78 Å². The first-order valence-corrected chi connectivity index (χ1v) is 3.42. The molecule has 0 radical (unpaired) electrons. The highest BCUT2D eigenvalue weighted by molar-refractivity contribution is 9.10. The van der Waals surface area contributed by atoms with Crippen LogP contribution in [0.5, 0.6) is 0 Å². The van der Waals surface area contributed by atoms with E-state index in [0.29, 0.717) is 0 Å². The molecular weight excluding hydrogens is 220 g/mol. The molecule has 0 unspecified atom stereocenters. The van der Waals surface area contributed by atoms with E-state index < -0.39 is 12.2 Å². The summed E-state index contributed by atoms with van der Waals surface area (Å²) in [6.45, 7) is 0. The summed E-state index contributed by atoms with van der Waals surface area (Å²) in [5.74, 6) is -0.584. The Labute approximate surface area is 69.5 Å². The molecule has 0 amide bonds. The maximum absolute atomic E-state index is 12.0. The first kappa shape index (κ1) is 8.21. The number of hydrogen-bond donors (Lipinski definition) is 0. The van der Waals surface area contributed by atoms with Crippen molar-refractivity contribution >= 4 is 15.9 Å². The van der Waals surface area contributed by atoms with Crippen molar-refractivity contribution in [3.8, 4) is 6.07 Å². The summed E-state index contributed by atoms with van der Waals surface area (Å²) in [6, 6.07) is 2.80. The van der Waals surface area contributed by atoms with Crippen LogP contribution >= 0.6 is 15.9 Å². The molecule has 0 fully saturated rings. The van der Waals surface area contributed by atoms with Crippen LogP contribution in [0.15, 0.2) is 15.2 Å². The Morgan fingerprint density at radius 2 is 2.27 bits per heavy atom. The van der Waals surface area contributed by atoms with Gasteiger partial charge < -0.3 is 4.42 Å². The number of halogens is 3. The summed E-state index contributed by atoms with van der Waals surface area (Å²) in [6.07, 6.45) is -2.74. The molecule has 0 saturated carbocycles. The van der Waals surface area contributed by atoms with E-state index in [0.717, 1.165) is 0 Å². The second kappa shape index (κ2) is 3.01. The fourth-order valence-electron chi connectivity index (χ4n) is 0.624. The van der Waals surface area contributed by atoms with Gasteiger partial charge in [-0.15, -0.1) is 0 Å². The molecule has 1 aromatic rings. The molecule has 0 spiro atoms. The number of hydrogen-bond acceptors (Lipinski definition) is 2. The third-order valence-corrected chi connectivity index (χ3v) is 1.44. The predicted molar refractivity (Wildman–Crippen MR) is 36.1 cm³/mol. The van der Waals surface area contributed by atoms with E-state index in [1.165, 1.54) is 6.07 Å². The Balaban J connectivity index is 3.15. The van der Waals surface area contributed by atoms with E-state index in [4.69, 9.17) is 5.26 Å². The van der Waals surface area contributed by atoms with Gasteiger partial charge in [-0.2, -0.15) is 5.26 Å². The van der Waals surface area contributed by atoms with Crippen molar-refractivity contribution < 1.29 is 13.2 Å². The number of alkyl halides is 2. The molecule has 0 aliphatic rings. The predicted octanol–water partition coefficient (Wildman–Crippen LogP) is 2.85. The van der Waals surface area contributed by atoms with E-state index >= 15 is 0 Å². The van der Waals surface area contributed by atoms with Gasteiger partial charge in [-0.1, -0.05) is 0 Å². The molecule has 2 nitrogen and oxygen atoms in total. The number of rotatable bonds is 1. The molecule has 0 bridgehead atoms. The molecule has 58 valence electrons. The maximum atomic E-state index is 12.0. The summed E-state index contributed by atoms with van der Waals surface area (Å²) in [5.41, 5.74) is -0.133. The Morgan fingerprint density at radius 1 is 1.64 bits per heavy atom. The van der Waals surface area contributed by atoms with Crippen molar-refractivity contribution in [1.29, 1.82) is 5.26 Å². The van der Waals surface area contributed by atoms with E-state index in [2.05, 4.69) is 20.3 Å². The summed E-state index contributed by atoms with van der Waals surface area (Å²) in [7, 11) is 0. The van der Waals surface area contributed by atoms with Crippen LogP contribution < -0.4 is 0 Å². The van der Waals surface area contributed by atoms with Crippen LogP contribution in [0.25, 0.3) is 0 Å². The second-order valence-electron chi connectivity index (χ2n) is 1.74. The largest absolute Gasteiger partial charge is 0.447 e. The lowest BCUT2D eigenvalue weighted by molar-refractivity contribution is 0.120. The van der Waals surface area contributed by atoms with Crippen LogP contribution in [0.2, 0.25) is 0 Å². The number of nitrogens with zero attached hydrogens (tertiary/aromatic N) is 1. The average molecular weight is 222 g/mol. The summed E-state index contributed by atoms with van der Waals surface area (Å²) in [4.78, 5) is 0. The molecule has 0 aliphatic carbocycles. The molecule has 0 N–H and O–H groups in total. The fraction of sp³-hybridized carbons (Fsp3) is 0.167. The SMILES string of the molecule is N#Cc1cc(Br)oc1C(F)F. The zero-order chi connectivity index (χ0) is 8.43. The van der Waals surface area contributed by atoms with Crippen LogP contribution in [-0.2, 0) is 0 Å². The lowest BCUT2D eigenvalue weighted by Crippen LogP contribution is -1.82. The molecule has 0 atom stereocenters. The van der Waals surface area contributed by atoms with E-state index in [1.807, 2.05) is 0 Å². The smallest absolute Gasteiger partial charge is 0.296 e. The molecular formula is C6H2BrF2NO. The van der Waals surface area contributed by atoms with Crippen LogP contribution in [0.1, 0.15) is 17.7 Å². The monoisotopic (exact) mass is 221 g/mol. The molecule has 1 aromatic heterocycles. The number of furan rings is 1. The highest BCUT2D eigenvalue weighted by Gasteiger charge is 2.18. The van der Waals surface area contributed by atoms with Crippen molar-refractivity contribution in [2.75, 3.05) is 0 Å². The van der Waals surface area contributed by atoms with Crippen molar-refractivity contribution in [2.24, 2.45) is 0 Å². The summed E-state index contributed by atoms with van der Waals surface area (Å²) >= 11 is 2.84. The van der Waals surface area contributed by atoms with Gasteiger partial charge in [-0.25, -0.2) is 8.78 Å². The molecule has 0 aromatic carbocycles. The molecule has 1 rings (SSSR count). The molecule has 5 heteroatoms. The van der Waals surface area contributed by atoms with E-state index in [1.54, 1.807) is 6.07 Å². The van der Waals surface area contributed by atoms with E-state index in [9.17, 15) is 8.78 Å². The Bertz CT molecular complexity index is 302. The first-order chi connectivity index (χ1) is 5.15. The Kier molecular flexibility index (Phi) is 2.25. The maximum Gasteiger partial charge on any atom is 0.296 e. The van der Waals surface area contributed by atoms with Gasteiger partial charge in [0.1, 0.15) is 11.6 Å². The fourth-order valence-corrected chi connectivity index (χ4v) is 1.03. The third-order valence-electron chi connectivity index (χ3n) is 1.05. The quantitative estimate of drug-likeness (QED) is 0.732. The summed E-state index contributed by atoms with van der Waals surface area (Å²) in [5, 5.41) is 8.32. The van der Waals surface area contributed by atoms with Crippen LogP contribution in [-0.4, -0.2) is 0 Å². The molecule has 0 aliphatic heterocycles. The Morgan fingerprint density at radius 3 is 2.64 bits per heavy atom. The molecule has 1 heterocycles. The third kappa shape index (κ3) is 1.57. The van der Waals surface area contributed by atoms with Gasteiger partial charge >= 0.3 is 0 Å². The highest BCUT2D eigenvalue weighted by Crippen LogP contribution is 2.28. The minimum Gasteiger partial charge on any atom is -0.447 e. The van der Waals surface area contributed by atoms with Crippen molar-refractivity contribution in [1.82, 2.24) is 0 Å². The topological polar surface area (TPSA) is 36.9 Å². The zero-order valence-corrected chi connectivity index (χ0v) is 6.73. The van der Waals surface area contributed by atoms with Gasteiger partial charge in [-0.3, -0.25) is 0 Å². The molecule has 0 saturated heterocycles. The van der Waals surface area contributed by atoms with Crippen molar-refractivity contribution in [2.45, 2.75) is 6.43 Å². The second-order valence-corrected chi connectivity index (χ2v) is 2.52. The van der Waals surface area contributed by atoms with Gasteiger partial charge in [0.2, 0.25) is 0 Å². The number of nitriles is 1. The first-order valence-electron chi connectivity index (χ1n) is 2.62. The van der Waals surface area contributed by atoms with Gasteiger partial charge in [0.25, 0.3) is 6.43 Å². The highest BCUT2D eigenvalue weighted by atomic mass is 79.9. The minimum absolute atomic E-state index is 0.133. The normalized spacial score (nSPS) is 10.1. The van der Waals surface area contributed by atoms with Crippen LogP contribution in [0, 0.1) is 11.3 Å². The zero-order valence-electron chi connectivity index (χ0n) is 5.14.